The number of amides is 1. The Morgan fingerprint density at radius 2 is 1.36 bits per heavy atom. The third kappa shape index (κ3) is 21.0. The van der Waals surface area contributed by atoms with Gasteiger partial charge >= 0.3 is 6.09 Å². The molecular weight excluding hydrogens is 705 g/mol. The Morgan fingerprint density at radius 3 is 1.92 bits per heavy atom. The number of fused-ring (bicyclic) bond motifs is 1. The Labute approximate surface area is 318 Å². The number of rotatable bonds is 28. The molecular formula is C38H70Cl3NO8. The number of carbonyl (C=O) groups excluding carboxylic acids is 1. The summed E-state index contributed by atoms with van der Waals surface area (Å²) in [6.45, 7) is 8.99. The van der Waals surface area contributed by atoms with E-state index in [1.165, 1.54) is 109 Å². The maximum atomic E-state index is 12.6. The third-order valence-corrected chi connectivity index (χ3v) is 9.89. The van der Waals surface area contributed by atoms with Crippen LogP contribution < -0.4 is 5.32 Å². The van der Waals surface area contributed by atoms with Gasteiger partial charge in [0.1, 0.15) is 31.0 Å². The fourth-order valence-corrected chi connectivity index (χ4v) is 6.85. The third-order valence-electron chi connectivity index (χ3n) is 9.56. The van der Waals surface area contributed by atoms with Crippen LogP contribution in [-0.4, -0.2) is 84.0 Å². The van der Waals surface area contributed by atoms with Crippen molar-refractivity contribution in [3.63, 3.8) is 0 Å². The Balaban J connectivity index is 1.92. The van der Waals surface area contributed by atoms with E-state index in [0.717, 1.165) is 25.9 Å². The summed E-state index contributed by atoms with van der Waals surface area (Å²) in [6, 6.07) is -0.989. The summed E-state index contributed by atoms with van der Waals surface area (Å²) in [6.07, 6.45) is 21.9. The van der Waals surface area contributed by atoms with Gasteiger partial charge in [0, 0.05) is 13.2 Å². The van der Waals surface area contributed by atoms with E-state index >= 15 is 0 Å². The second-order valence-corrected chi connectivity index (χ2v) is 17.2. The van der Waals surface area contributed by atoms with Gasteiger partial charge in [-0.05, 0) is 33.1 Å². The highest BCUT2D eigenvalue weighted by Crippen LogP contribution is 2.34. The summed E-state index contributed by atoms with van der Waals surface area (Å²) in [7, 11) is 0. The van der Waals surface area contributed by atoms with Gasteiger partial charge < -0.3 is 38.8 Å². The molecule has 12 heteroatoms. The first-order valence-electron chi connectivity index (χ1n) is 19.8. The SMILES string of the molecule is CCCCCCCCCCCCO[C@H](CCCCCCCCCCC)CCO[C@@H]1[C@@H](NC(=O)OCC(Cl)(Cl)Cl)[C@@H](O)O[C@@H]2COC(C)(C)O[C@@H]12. The molecule has 0 spiro atoms. The van der Waals surface area contributed by atoms with E-state index in [-0.39, 0.29) is 12.7 Å². The van der Waals surface area contributed by atoms with Gasteiger partial charge in [-0.3, -0.25) is 0 Å². The van der Waals surface area contributed by atoms with Crippen LogP contribution in [0.4, 0.5) is 4.79 Å². The summed E-state index contributed by atoms with van der Waals surface area (Å²) >= 11 is 17.3. The molecule has 0 aromatic rings. The molecule has 0 radical (unpaired) electrons. The normalized spacial score (nSPS) is 24.1. The largest absolute Gasteiger partial charge is 0.445 e. The van der Waals surface area contributed by atoms with Crippen molar-refractivity contribution in [2.75, 3.05) is 26.4 Å². The van der Waals surface area contributed by atoms with Crippen molar-refractivity contribution in [1.82, 2.24) is 5.32 Å². The highest BCUT2D eigenvalue weighted by atomic mass is 35.6. The summed E-state index contributed by atoms with van der Waals surface area (Å²) in [5, 5.41) is 13.6. The Morgan fingerprint density at radius 1 is 0.820 bits per heavy atom. The topological polar surface area (TPSA) is 105 Å². The average Bonchev–Trinajstić information content (AvgIpc) is 3.06. The second kappa shape index (κ2) is 26.6. The molecule has 1 amide bonds. The second-order valence-electron chi connectivity index (χ2n) is 14.6. The van der Waals surface area contributed by atoms with Crippen molar-refractivity contribution in [2.45, 2.75) is 209 Å². The molecule has 2 heterocycles. The molecule has 6 atom stereocenters. The number of unbranched alkanes of at least 4 members (excludes halogenated alkanes) is 17. The molecule has 296 valence electrons. The average molecular weight is 775 g/mol. The molecule has 0 bridgehead atoms. The van der Waals surface area contributed by atoms with E-state index in [1.54, 1.807) is 0 Å². The smallest absolute Gasteiger partial charge is 0.407 e. The Kier molecular flexibility index (Phi) is 24.5. The van der Waals surface area contributed by atoms with Gasteiger partial charge in [0.05, 0.1) is 12.7 Å². The molecule has 2 N–H and O–H groups in total. The first-order valence-corrected chi connectivity index (χ1v) is 21.0. The number of alkyl halides is 3. The van der Waals surface area contributed by atoms with Crippen LogP contribution in [0.2, 0.25) is 0 Å². The molecule has 9 nitrogen and oxygen atoms in total. The Bertz CT molecular complexity index is 864. The summed E-state index contributed by atoms with van der Waals surface area (Å²) < 4.78 is 34.0. The minimum absolute atomic E-state index is 0.0615. The van der Waals surface area contributed by atoms with Crippen molar-refractivity contribution in [1.29, 1.82) is 0 Å². The van der Waals surface area contributed by atoms with Crippen molar-refractivity contribution in [2.24, 2.45) is 0 Å². The first-order chi connectivity index (χ1) is 24.0. The molecule has 0 aromatic carbocycles. The van der Waals surface area contributed by atoms with Gasteiger partial charge in [0.25, 0.3) is 0 Å². The monoisotopic (exact) mass is 773 g/mol. The van der Waals surface area contributed by atoms with E-state index in [2.05, 4.69) is 19.2 Å². The number of aliphatic hydroxyl groups is 1. The Hall–Kier alpha value is -0.100. The van der Waals surface area contributed by atoms with Gasteiger partial charge in [-0.15, -0.1) is 0 Å². The maximum absolute atomic E-state index is 12.6. The molecule has 0 saturated carbocycles. The van der Waals surface area contributed by atoms with E-state index in [1.807, 2.05) is 13.8 Å². The molecule has 2 saturated heterocycles. The van der Waals surface area contributed by atoms with Crippen molar-refractivity contribution in [3.05, 3.63) is 0 Å². The van der Waals surface area contributed by atoms with Gasteiger partial charge in [-0.2, -0.15) is 0 Å². The van der Waals surface area contributed by atoms with Gasteiger partial charge in [0.15, 0.2) is 12.1 Å². The maximum Gasteiger partial charge on any atom is 0.407 e. The van der Waals surface area contributed by atoms with Crippen LogP contribution in [0.3, 0.4) is 0 Å². The number of ether oxygens (including phenoxy) is 6. The van der Waals surface area contributed by atoms with Crippen LogP contribution >= 0.6 is 34.8 Å². The fourth-order valence-electron chi connectivity index (χ4n) is 6.69. The molecule has 2 fully saturated rings. The predicted octanol–water partition coefficient (Wildman–Crippen LogP) is 10.3. The van der Waals surface area contributed by atoms with Gasteiger partial charge in [-0.25, -0.2) is 4.79 Å². The number of hydrogen-bond acceptors (Lipinski definition) is 8. The highest BCUT2D eigenvalue weighted by Gasteiger charge is 2.52. The van der Waals surface area contributed by atoms with Crippen molar-refractivity contribution < 1.29 is 38.3 Å². The zero-order valence-electron chi connectivity index (χ0n) is 31.6. The quantitative estimate of drug-likeness (QED) is 0.0598. The molecule has 50 heavy (non-hydrogen) atoms. The molecule has 2 rings (SSSR count). The van der Waals surface area contributed by atoms with Crippen LogP contribution in [0.25, 0.3) is 0 Å². The summed E-state index contributed by atoms with van der Waals surface area (Å²) in [5.41, 5.74) is 0. The van der Waals surface area contributed by atoms with Crippen molar-refractivity contribution in [3.8, 4) is 0 Å². The number of carbonyl (C=O) groups is 1. The minimum Gasteiger partial charge on any atom is -0.445 e. The van der Waals surface area contributed by atoms with Crippen LogP contribution in [0.5, 0.6) is 0 Å². The molecule has 0 unspecified atom stereocenters. The van der Waals surface area contributed by atoms with E-state index in [0.29, 0.717) is 13.0 Å². The van der Waals surface area contributed by atoms with Crippen LogP contribution in [-0.2, 0) is 28.4 Å². The lowest BCUT2D eigenvalue weighted by Crippen LogP contribution is -2.68. The zero-order chi connectivity index (χ0) is 36.7. The van der Waals surface area contributed by atoms with E-state index in [9.17, 15) is 9.90 Å². The number of nitrogens with one attached hydrogen (secondary N) is 1. The lowest BCUT2D eigenvalue weighted by molar-refractivity contribution is -0.368. The number of halogens is 3. The molecule has 2 aliphatic heterocycles. The summed E-state index contributed by atoms with van der Waals surface area (Å²) in [4.78, 5) is 12.6. The lowest BCUT2D eigenvalue weighted by Gasteiger charge is -2.50. The van der Waals surface area contributed by atoms with E-state index < -0.39 is 52.9 Å². The van der Waals surface area contributed by atoms with Crippen LogP contribution in [0, 0.1) is 0 Å². The number of alkyl carbamates (subject to hydrolysis) is 1. The van der Waals surface area contributed by atoms with E-state index in [4.69, 9.17) is 63.2 Å². The van der Waals surface area contributed by atoms with Crippen LogP contribution in [0.1, 0.15) is 163 Å². The standard InChI is InChI=1S/C38H70Cl3NO8/c1-5-7-9-11-13-15-17-19-21-23-26-45-30(24-22-20-18-16-14-12-10-8-6-2)25-27-46-34-32(42-36(44)47-29-38(39,40)41)35(43)49-31-28-48-37(3,4)50-33(31)34/h30-35,43H,5-29H2,1-4H3,(H,42,44)/t30-,31-,32-,33-,34-,35+/m1/s1. The first kappa shape index (κ1) is 46.1. The number of hydrogen-bond donors (Lipinski definition) is 2. The predicted molar refractivity (Wildman–Crippen MR) is 202 cm³/mol. The number of aliphatic hydroxyl groups excluding tert-OH is 1. The van der Waals surface area contributed by atoms with Gasteiger partial charge in [0.2, 0.25) is 3.79 Å². The minimum atomic E-state index is -1.77. The molecule has 0 aliphatic carbocycles. The lowest BCUT2D eigenvalue weighted by atomic mass is 9.95. The van der Waals surface area contributed by atoms with Gasteiger partial charge in [-0.1, -0.05) is 164 Å². The fraction of sp³-hybridized carbons (Fsp3) is 0.974. The highest BCUT2D eigenvalue weighted by molar-refractivity contribution is 6.67. The molecule has 2 aliphatic rings. The van der Waals surface area contributed by atoms with Crippen LogP contribution in [0.15, 0.2) is 0 Å². The summed E-state index contributed by atoms with van der Waals surface area (Å²) in [5.74, 6) is -0.897. The zero-order valence-corrected chi connectivity index (χ0v) is 33.8. The van der Waals surface area contributed by atoms with Crippen molar-refractivity contribution >= 4 is 40.9 Å². The molecule has 0 aromatic heterocycles.